The molecule has 0 radical (unpaired) electrons. The van der Waals surface area contributed by atoms with Crippen LogP contribution < -0.4 is 4.89 Å². The first kappa shape index (κ1) is 90.2. The molecule has 0 bridgehead atoms. The van der Waals surface area contributed by atoms with Gasteiger partial charge in [0, 0.05) is 12.8 Å². The lowest BCUT2D eigenvalue weighted by Crippen LogP contribution is -2.37. The summed E-state index contributed by atoms with van der Waals surface area (Å²) in [6.45, 7) is 4.14. The van der Waals surface area contributed by atoms with Crippen molar-refractivity contribution in [2.24, 2.45) is 0 Å². The van der Waals surface area contributed by atoms with Gasteiger partial charge in [0.05, 0.1) is 27.7 Å². The van der Waals surface area contributed by atoms with Crippen LogP contribution in [0.4, 0.5) is 0 Å². The van der Waals surface area contributed by atoms with Gasteiger partial charge in [-0.05, 0) is 116 Å². The number of ether oxygens (including phenoxy) is 2. The first-order valence-corrected chi connectivity index (χ1v) is 40.4. The standard InChI is InChI=1S/C84H146NO8P/c1-6-8-10-12-14-16-18-20-22-24-26-28-30-32-34-36-37-38-39-40-41-42-43-44-45-46-47-49-51-53-55-57-59-61-63-65-67-69-71-73-75-77-84(87)93-82(81-92-94(88,89)91-79-78-85(3,4)5)80-90-83(86)76-74-72-70-68-66-64-62-60-58-56-54-52-50-48-35-33-31-29-27-25-23-21-19-17-15-13-11-9-7-2/h8,10,14,16,19-22,25-28,31-34,37-38,40-41,43-44,82H,6-7,9,11-13,15,17-18,23-24,29-30,35-36,39,42,45-81H2,1-5H3/b10-8-,16-14-,21-19-,22-20-,27-25-,28-26-,33-31-,34-32-,38-37-,41-40-,44-43-. The second-order valence-electron chi connectivity index (χ2n) is 27.0. The summed E-state index contributed by atoms with van der Waals surface area (Å²) in [5.41, 5.74) is 0. The number of hydrogen-bond donors (Lipinski definition) is 0. The Morgan fingerprint density at radius 2 is 0.606 bits per heavy atom. The number of phosphoric ester groups is 1. The summed E-state index contributed by atoms with van der Waals surface area (Å²) in [4.78, 5) is 38.2. The topological polar surface area (TPSA) is 111 Å². The van der Waals surface area contributed by atoms with Gasteiger partial charge < -0.3 is 27.9 Å². The lowest BCUT2D eigenvalue weighted by atomic mass is 10.0. The lowest BCUT2D eigenvalue weighted by Gasteiger charge is -2.28. The number of carbonyl (C=O) groups excluding carboxylic acids is 2. The van der Waals surface area contributed by atoms with Crippen LogP contribution in [0.2, 0.25) is 0 Å². The number of rotatable bonds is 71. The summed E-state index contributed by atoms with van der Waals surface area (Å²) in [6.07, 6.45) is 107. The molecule has 2 atom stereocenters. The number of nitrogens with zero attached hydrogens (tertiary/aromatic N) is 1. The van der Waals surface area contributed by atoms with Crippen molar-refractivity contribution in [1.29, 1.82) is 0 Å². The number of likely N-dealkylation sites (N-methyl/N-ethyl adjacent to an activating group) is 1. The minimum atomic E-state index is -4.65. The van der Waals surface area contributed by atoms with Gasteiger partial charge in [0.15, 0.2) is 6.10 Å². The van der Waals surface area contributed by atoms with Crippen molar-refractivity contribution < 1.29 is 42.1 Å². The van der Waals surface area contributed by atoms with Gasteiger partial charge >= 0.3 is 11.9 Å². The molecule has 10 heteroatoms. The molecular weight excluding hydrogens is 1180 g/mol. The number of allylic oxidation sites excluding steroid dienone is 22. The number of hydrogen-bond acceptors (Lipinski definition) is 8. The molecule has 0 saturated carbocycles. The van der Waals surface area contributed by atoms with Crippen molar-refractivity contribution in [3.8, 4) is 0 Å². The molecule has 0 aromatic heterocycles. The van der Waals surface area contributed by atoms with Gasteiger partial charge in [-0.25, -0.2) is 0 Å². The fourth-order valence-electron chi connectivity index (χ4n) is 10.7. The largest absolute Gasteiger partial charge is 0.756 e. The van der Waals surface area contributed by atoms with E-state index in [1.54, 1.807) is 0 Å². The highest BCUT2D eigenvalue weighted by Gasteiger charge is 2.22. The van der Waals surface area contributed by atoms with Crippen molar-refractivity contribution in [3.63, 3.8) is 0 Å². The van der Waals surface area contributed by atoms with Gasteiger partial charge in [0.2, 0.25) is 0 Å². The average molecular weight is 1330 g/mol. The molecule has 0 aliphatic rings. The van der Waals surface area contributed by atoms with E-state index in [0.717, 1.165) is 103 Å². The van der Waals surface area contributed by atoms with Crippen LogP contribution in [0.3, 0.4) is 0 Å². The third kappa shape index (κ3) is 77.2. The third-order valence-corrected chi connectivity index (χ3v) is 17.6. The molecule has 0 spiro atoms. The molecule has 0 N–H and O–H groups in total. The second kappa shape index (κ2) is 73.4. The summed E-state index contributed by atoms with van der Waals surface area (Å²) in [5, 5.41) is 0. The number of carbonyl (C=O) groups is 2. The van der Waals surface area contributed by atoms with Crippen LogP contribution in [-0.2, 0) is 32.7 Å². The molecule has 0 saturated heterocycles. The molecule has 0 fully saturated rings. The van der Waals surface area contributed by atoms with E-state index in [-0.39, 0.29) is 32.0 Å². The normalized spacial score (nSPS) is 13.8. The van der Waals surface area contributed by atoms with E-state index in [4.69, 9.17) is 18.5 Å². The Morgan fingerprint density at radius 1 is 0.340 bits per heavy atom. The average Bonchev–Trinajstić information content (AvgIpc) is 1.57. The maximum Gasteiger partial charge on any atom is 0.306 e. The highest BCUT2D eigenvalue weighted by atomic mass is 31.2. The molecule has 94 heavy (non-hydrogen) atoms. The zero-order chi connectivity index (χ0) is 68.3. The van der Waals surface area contributed by atoms with E-state index in [2.05, 4.69) is 148 Å². The molecular formula is C84H146NO8P. The molecule has 0 amide bonds. The van der Waals surface area contributed by atoms with Gasteiger partial charge in [0.1, 0.15) is 19.8 Å². The molecule has 0 rings (SSSR count). The van der Waals surface area contributed by atoms with Gasteiger partial charge in [0.25, 0.3) is 7.82 Å². The van der Waals surface area contributed by atoms with Crippen molar-refractivity contribution in [1.82, 2.24) is 0 Å². The number of unbranched alkanes of at least 4 members (excludes halogenated alkanes) is 35. The minimum absolute atomic E-state index is 0.0343. The highest BCUT2D eigenvalue weighted by Crippen LogP contribution is 2.38. The summed E-state index contributed by atoms with van der Waals surface area (Å²) in [5.74, 6) is -0.827. The van der Waals surface area contributed by atoms with Crippen molar-refractivity contribution >= 4 is 19.8 Å². The van der Waals surface area contributed by atoms with Crippen LogP contribution in [0.1, 0.15) is 335 Å². The summed E-state index contributed by atoms with van der Waals surface area (Å²) in [6, 6.07) is 0. The maximum atomic E-state index is 12.9. The van der Waals surface area contributed by atoms with Crippen LogP contribution in [0, 0.1) is 0 Å². The number of phosphoric acid groups is 1. The fraction of sp³-hybridized carbons (Fsp3) is 0.714. The van der Waals surface area contributed by atoms with Crippen molar-refractivity contribution in [3.05, 3.63) is 134 Å². The molecule has 9 nitrogen and oxygen atoms in total. The molecule has 540 valence electrons. The Bertz CT molecular complexity index is 2050. The van der Waals surface area contributed by atoms with Crippen molar-refractivity contribution in [2.45, 2.75) is 341 Å². The van der Waals surface area contributed by atoms with Crippen molar-refractivity contribution in [2.75, 3.05) is 47.5 Å². The minimum Gasteiger partial charge on any atom is -0.756 e. The SMILES string of the molecule is CC/C=C\C/C=C\C/C=C\C/C=C\C/C=C\C/C=C\C/C=C\C/C=C\CCCCCCCCCCCCCCCCCCC(=O)OC(COC(=O)CCCCCCCCCCCCCCCC/C=C\C/C=C\C/C=C\CCCCCCC)COP(=O)([O-])OCC[N+](C)(C)C. The third-order valence-electron chi connectivity index (χ3n) is 16.7. The Balaban J connectivity index is 4.00. The lowest BCUT2D eigenvalue weighted by molar-refractivity contribution is -0.870. The van der Waals surface area contributed by atoms with E-state index in [1.165, 1.54) is 199 Å². The predicted octanol–water partition coefficient (Wildman–Crippen LogP) is 25.3. The van der Waals surface area contributed by atoms with Crippen LogP contribution in [0.15, 0.2) is 134 Å². The predicted molar refractivity (Wildman–Crippen MR) is 406 cm³/mol. The summed E-state index contributed by atoms with van der Waals surface area (Å²) in [7, 11) is 1.17. The fourth-order valence-corrected chi connectivity index (χ4v) is 11.5. The van der Waals surface area contributed by atoms with Crippen LogP contribution >= 0.6 is 7.82 Å². The van der Waals surface area contributed by atoms with E-state index < -0.39 is 26.5 Å². The van der Waals surface area contributed by atoms with Gasteiger partial charge in [-0.1, -0.05) is 340 Å². The smallest absolute Gasteiger partial charge is 0.306 e. The van der Waals surface area contributed by atoms with E-state index >= 15 is 0 Å². The Morgan fingerprint density at radius 3 is 0.904 bits per heavy atom. The van der Waals surface area contributed by atoms with Crippen LogP contribution in [0.25, 0.3) is 0 Å². The van der Waals surface area contributed by atoms with E-state index in [0.29, 0.717) is 17.4 Å². The Kier molecular flexibility index (Phi) is 70.4. The van der Waals surface area contributed by atoms with E-state index in [9.17, 15) is 19.0 Å². The second-order valence-corrected chi connectivity index (χ2v) is 28.4. The maximum absolute atomic E-state index is 12.9. The quantitative estimate of drug-likeness (QED) is 0.0195. The summed E-state index contributed by atoms with van der Waals surface area (Å²) >= 11 is 0. The number of esters is 2. The number of quaternary nitrogens is 1. The van der Waals surface area contributed by atoms with Crippen LogP contribution in [0.5, 0.6) is 0 Å². The first-order valence-electron chi connectivity index (χ1n) is 38.9. The molecule has 2 unspecified atom stereocenters. The summed E-state index contributed by atoms with van der Waals surface area (Å²) < 4.78 is 34.4. The Hall–Kier alpha value is -3.85. The molecule has 0 aliphatic heterocycles. The van der Waals surface area contributed by atoms with Gasteiger partial charge in [-0.2, -0.15) is 0 Å². The van der Waals surface area contributed by atoms with Crippen LogP contribution in [-0.4, -0.2) is 70.0 Å². The van der Waals surface area contributed by atoms with Gasteiger partial charge in [-0.3, -0.25) is 14.2 Å². The monoisotopic (exact) mass is 1330 g/mol. The molecule has 0 aliphatic carbocycles. The molecule has 0 aromatic carbocycles. The Labute approximate surface area is 581 Å². The molecule has 0 aromatic rings. The zero-order valence-corrected chi connectivity index (χ0v) is 62.5. The van der Waals surface area contributed by atoms with E-state index in [1.807, 2.05) is 21.1 Å². The van der Waals surface area contributed by atoms with Gasteiger partial charge in [-0.15, -0.1) is 0 Å². The highest BCUT2D eigenvalue weighted by molar-refractivity contribution is 7.45. The molecule has 0 heterocycles. The first-order chi connectivity index (χ1) is 46.0. The zero-order valence-electron chi connectivity index (χ0n) is 61.6.